The third-order valence-corrected chi connectivity index (χ3v) is 15.2. The van der Waals surface area contributed by atoms with Crippen LogP contribution >= 0.6 is 15.6 Å². The van der Waals surface area contributed by atoms with Gasteiger partial charge in [-0.3, -0.25) is 13.6 Å². The lowest BCUT2D eigenvalue weighted by atomic mass is 9.82. The molecule has 0 radical (unpaired) electrons. The van der Waals surface area contributed by atoms with E-state index < -0.39 is 32.8 Å². The summed E-state index contributed by atoms with van der Waals surface area (Å²) in [6.45, 7) is 7.03. The largest absolute Gasteiger partial charge is 0.756 e. The molecule has 0 heterocycles. The molecule has 0 aliphatic carbocycles. The molecule has 11 heteroatoms. The standard InChI is InChI=1S/C50H56O9P2/c1-5-49(6-2,58-60(52,53)54)30-34(26-42-28-40-18-10-14-36-22-24-38-16-12-20-44(42)48(38)46(36)40)32-57-61(55,56)59-50(7-3,8-4)29-33(31-51)25-41-27-39-17-9-13-35-21-23-37-15-11-19-43(41)47(37)45(35)39/h9-24,27-28,33-34,51H,5-8,25-26,29-32H2,1-4H3,(H,55,56)(H2,52,53,54)/p-1. The van der Waals surface area contributed by atoms with Crippen LogP contribution in [-0.2, 0) is 35.5 Å². The molecule has 0 amide bonds. The molecule has 8 rings (SSSR count). The third kappa shape index (κ3) is 8.84. The van der Waals surface area contributed by atoms with Crippen molar-refractivity contribution < 1.29 is 42.5 Å². The number of phosphoric acid groups is 2. The Hall–Kier alpha value is -3.98. The molecule has 9 nitrogen and oxygen atoms in total. The fourth-order valence-corrected chi connectivity index (χ4v) is 12.3. The van der Waals surface area contributed by atoms with Crippen molar-refractivity contribution >= 4 is 80.3 Å². The van der Waals surface area contributed by atoms with Crippen molar-refractivity contribution in [3.63, 3.8) is 0 Å². The van der Waals surface area contributed by atoms with Gasteiger partial charge in [0, 0.05) is 6.61 Å². The van der Waals surface area contributed by atoms with Gasteiger partial charge in [0.1, 0.15) is 0 Å². The lowest BCUT2D eigenvalue weighted by Crippen LogP contribution is -2.36. The Balaban J connectivity index is 1.07. The maximum Gasteiger partial charge on any atom is 0.472 e. The Bertz CT molecular complexity index is 2900. The van der Waals surface area contributed by atoms with Crippen LogP contribution in [0.3, 0.4) is 0 Å². The zero-order valence-corrected chi connectivity index (χ0v) is 37.1. The number of benzene rings is 8. The lowest BCUT2D eigenvalue weighted by molar-refractivity contribution is -0.233. The van der Waals surface area contributed by atoms with E-state index in [9.17, 15) is 28.9 Å². The Morgan fingerprint density at radius 1 is 0.557 bits per heavy atom. The van der Waals surface area contributed by atoms with Gasteiger partial charge in [0.25, 0.3) is 7.82 Å². The summed E-state index contributed by atoms with van der Waals surface area (Å²) in [6, 6.07) is 37.8. The summed E-state index contributed by atoms with van der Waals surface area (Å²) in [4.78, 5) is 33.7. The summed E-state index contributed by atoms with van der Waals surface area (Å²) in [6.07, 6.45) is 2.65. The number of hydrogen-bond acceptors (Lipinski definition) is 7. The number of rotatable bonds is 20. The van der Waals surface area contributed by atoms with Crippen molar-refractivity contribution in [2.75, 3.05) is 13.2 Å². The molecule has 0 fully saturated rings. The minimum atomic E-state index is -5.14. The summed E-state index contributed by atoms with van der Waals surface area (Å²) in [5.74, 6) is -0.822. The fourth-order valence-electron chi connectivity index (χ4n) is 10.2. The van der Waals surface area contributed by atoms with Gasteiger partial charge in [-0.15, -0.1) is 0 Å². The van der Waals surface area contributed by atoms with E-state index >= 15 is 0 Å². The first kappa shape index (κ1) is 43.7. The molecule has 4 unspecified atom stereocenters. The molecule has 0 spiro atoms. The Kier molecular flexibility index (Phi) is 12.4. The smallest absolute Gasteiger partial charge is 0.472 e. The summed E-state index contributed by atoms with van der Waals surface area (Å²) in [5, 5.41) is 24.4. The Labute approximate surface area is 357 Å². The van der Waals surface area contributed by atoms with E-state index in [4.69, 9.17) is 13.6 Å². The Morgan fingerprint density at radius 2 is 0.951 bits per heavy atom. The first-order valence-electron chi connectivity index (χ1n) is 21.6. The SMILES string of the molecule is CCC(CC)(CC(COP(=O)(O)OC(CC)(CC)CC(CO)Cc1cc2cccc3ccc4cccc1c4c32)Cc1cc2cccc3ccc4cccc1c4c32)OP(=O)([O-])O. The van der Waals surface area contributed by atoms with Crippen molar-refractivity contribution in [2.45, 2.75) is 90.3 Å². The topological polar surface area (TPSA) is 146 Å². The number of aliphatic hydroxyl groups is 1. The highest BCUT2D eigenvalue weighted by Crippen LogP contribution is 2.53. The quantitative estimate of drug-likeness (QED) is 0.0503. The highest BCUT2D eigenvalue weighted by atomic mass is 31.2. The van der Waals surface area contributed by atoms with Crippen LogP contribution in [0.1, 0.15) is 77.3 Å². The van der Waals surface area contributed by atoms with Crippen LogP contribution in [0.2, 0.25) is 0 Å². The molecule has 0 bridgehead atoms. The summed E-state index contributed by atoms with van der Waals surface area (Å²) in [7, 11) is -9.90. The lowest BCUT2D eigenvalue weighted by Gasteiger charge is -2.39. The second kappa shape index (κ2) is 17.3. The van der Waals surface area contributed by atoms with Crippen LogP contribution in [0.25, 0.3) is 64.6 Å². The average molecular weight is 862 g/mol. The van der Waals surface area contributed by atoms with E-state index in [-0.39, 0.29) is 38.4 Å². The second-order valence-corrected chi connectivity index (χ2v) is 19.6. The first-order valence-corrected chi connectivity index (χ1v) is 24.6. The van der Waals surface area contributed by atoms with Gasteiger partial charge in [0.15, 0.2) is 0 Å². The normalized spacial score (nSPS) is 16.0. The van der Waals surface area contributed by atoms with Crippen LogP contribution in [-0.4, -0.2) is 39.3 Å². The van der Waals surface area contributed by atoms with Crippen molar-refractivity contribution in [1.29, 1.82) is 0 Å². The molecule has 0 aliphatic rings. The number of aliphatic hydroxyl groups excluding tert-OH is 1. The van der Waals surface area contributed by atoms with E-state index in [2.05, 4.69) is 97.1 Å². The minimum Gasteiger partial charge on any atom is -0.756 e. The van der Waals surface area contributed by atoms with E-state index in [1.807, 2.05) is 26.0 Å². The van der Waals surface area contributed by atoms with Gasteiger partial charge in [0.2, 0.25) is 0 Å². The summed E-state index contributed by atoms with van der Waals surface area (Å²) < 4.78 is 44.0. The van der Waals surface area contributed by atoms with Crippen molar-refractivity contribution in [1.82, 2.24) is 0 Å². The zero-order valence-electron chi connectivity index (χ0n) is 35.3. The molecule has 4 atom stereocenters. The van der Waals surface area contributed by atoms with Gasteiger partial charge in [-0.25, -0.2) is 4.57 Å². The van der Waals surface area contributed by atoms with Crippen LogP contribution in [0.5, 0.6) is 0 Å². The molecule has 8 aromatic rings. The summed E-state index contributed by atoms with van der Waals surface area (Å²) >= 11 is 0. The molecule has 0 aliphatic heterocycles. The summed E-state index contributed by atoms with van der Waals surface area (Å²) in [5.41, 5.74) is -0.308. The zero-order chi connectivity index (χ0) is 43.2. The maximum atomic E-state index is 14.2. The van der Waals surface area contributed by atoms with Gasteiger partial charge in [-0.1, -0.05) is 137 Å². The predicted octanol–water partition coefficient (Wildman–Crippen LogP) is 12.0. The number of phosphoric ester groups is 2. The molecule has 8 aromatic carbocycles. The fraction of sp³-hybridized carbons (Fsp3) is 0.360. The van der Waals surface area contributed by atoms with Gasteiger partial charge < -0.3 is 24.3 Å². The van der Waals surface area contributed by atoms with Crippen LogP contribution in [0.15, 0.2) is 109 Å². The molecule has 0 aromatic heterocycles. The molecule has 3 N–H and O–H groups in total. The molecule has 0 saturated heterocycles. The number of hydrogen-bond donors (Lipinski definition) is 3. The van der Waals surface area contributed by atoms with Crippen molar-refractivity contribution in [2.24, 2.45) is 11.8 Å². The van der Waals surface area contributed by atoms with Crippen LogP contribution in [0.4, 0.5) is 0 Å². The van der Waals surface area contributed by atoms with E-state index in [1.165, 1.54) is 16.2 Å². The molecular formula is C50H55O9P2-. The van der Waals surface area contributed by atoms with Gasteiger partial charge in [-0.05, 0) is 139 Å². The van der Waals surface area contributed by atoms with E-state index in [0.717, 1.165) is 59.6 Å². The highest BCUT2D eigenvalue weighted by Gasteiger charge is 2.41. The van der Waals surface area contributed by atoms with E-state index in [1.54, 1.807) is 13.8 Å². The van der Waals surface area contributed by atoms with Crippen molar-refractivity contribution in [3.05, 3.63) is 120 Å². The van der Waals surface area contributed by atoms with E-state index in [0.29, 0.717) is 32.1 Å². The third-order valence-electron chi connectivity index (χ3n) is 13.5. The van der Waals surface area contributed by atoms with Crippen molar-refractivity contribution in [3.8, 4) is 0 Å². The molecule has 320 valence electrons. The molecule has 0 saturated carbocycles. The van der Waals surface area contributed by atoms with Gasteiger partial charge in [-0.2, -0.15) is 0 Å². The first-order chi connectivity index (χ1) is 29.2. The van der Waals surface area contributed by atoms with Gasteiger partial charge >= 0.3 is 7.82 Å². The second-order valence-electron chi connectivity index (χ2n) is 17.1. The molecule has 61 heavy (non-hydrogen) atoms. The highest BCUT2D eigenvalue weighted by molar-refractivity contribution is 7.47. The Morgan fingerprint density at radius 3 is 1.39 bits per heavy atom. The van der Waals surface area contributed by atoms with Crippen LogP contribution in [0, 0.1) is 11.8 Å². The van der Waals surface area contributed by atoms with Gasteiger partial charge in [0.05, 0.1) is 17.8 Å². The monoisotopic (exact) mass is 861 g/mol. The predicted molar refractivity (Wildman–Crippen MR) is 245 cm³/mol. The maximum absolute atomic E-state index is 14.2. The van der Waals surface area contributed by atoms with Crippen LogP contribution < -0.4 is 4.89 Å². The average Bonchev–Trinajstić information content (AvgIpc) is 3.25. The minimum absolute atomic E-state index is 0.115. The molecular weight excluding hydrogens is 806 g/mol.